The number of hydrogen-bond acceptors (Lipinski definition) is 4. The first-order valence-corrected chi connectivity index (χ1v) is 9.46. The second kappa shape index (κ2) is 13.7. The van der Waals surface area contributed by atoms with Crippen molar-refractivity contribution >= 4 is 45.3 Å². The Bertz CT molecular complexity index is 735. The van der Waals surface area contributed by atoms with E-state index in [4.69, 9.17) is 4.74 Å². The summed E-state index contributed by atoms with van der Waals surface area (Å²) in [6.07, 6.45) is 1.36. The summed E-state index contributed by atoms with van der Waals surface area (Å²) in [6, 6.07) is 10.1. The van der Waals surface area contributed by atoms with Crippen LogP contribution in [0.15, 0.2) is 45.9 Å². The molecule has 0 amide bonds. The van der Waals surface area contributed by atoms with Crippen LogP contribution in [0.1, 0.15) is 38.1 Å². The third-order valence-corrected chi connectivity index (χ3v) is 3.54. The minimum atomic E-state index is -0.626. The zero-order valence-corrected chi connectivity index (χ0v) is 18.1. The van der Waals surface area contributed by atoms with E-state index in [1.807, 2.05) is 39.8 Å². The molecule has 0 aromatic heterocycles. The van der Waals surface area contributed by atoms with Gasteiger partial charge in [-0.3, -0.25) is 4.99 Å². The average Bonchev–Trinajstić information content (AvgIpc) is 2.72. The zero-order valence-electron chi connectivity index (χ0n) is 16.6. The molecule has 2 aromatic rings. The molecule has 0 unspecified atom stereocenters. The molecule has 0 radical (unpaired) electrons. The highest BCUT2D eigenvalue weighted by molar-refractivity contribution is 9.10. The largest absolute Gasteiger partial charge is 0.465 e. The van der Waals surface area contributed by atoms with Gasteiger partial charge in [0.1, 0.15) is 0 Å². The number of ether oxygens (including phenoxy) is 1. The summed E-state index contributed by atoms with van der Waals surface area (Å²) in [6.45, 7) is 8.00. The Kier molecular flexibility index (Phi) is 12.5. The first-order chi connectivity index (χ1) is 13.1. The van der Waals surface area contributed by atoms with E-state index in [0.717, 1.165) is 4.47 Å². The summed E-state index contributed by atoms with van der Waals surface area (Å²) in [5.41, 5.74) is 0.974. The first-order valence-electron chi connectivity index (χ1n) is 8.67. The van der Waals surface area contributed by atoms with Gasteiger partial charge in [0.15, 0.2) is 5.82 Å². The van der Waals surface area contributed by atoms with E-state index in [0.29, 0.717) is 5.69 Å². The Morgan fingerprint density at radius 1 is 1.11 bits per heavy atom. The van der Waals surface area contributed by atoms with E-state index in [1.165, 1.54) is 25.6 Å². The molecule has 0 atom stereocenters. The van der Waals surface area contributed by atoms with Gasteiger partial charge in [0.25, 0.3) is 0 Å². The normalized spacial score (nSPS) is 9.48. The summed E-state index contributed by atoms with van der Waals surface area (Å²) in [7, 11) is 2.81. The minimum absolute atomic E-state index is 0.0358. The van der Waals surface area contributed by atoms with Gasteiger partial charge in [-0.2, -0.15) is 0 Å². The monoisotopic (exact) mass is 439 g/mol. The smallest absolute Gasteiger partial charge is 0.340 e. The molecule has 2 rings (SSSR count). The lowest BCUT2D eigenvalue weighted by Crippen LogP contribution is -2.09. The third kappa shape index (κ3) is 7.38. The first kappa shape index (κ1) is 24.6. The van der Waals surface area contributed by atoms with E-state index in [1.54, 1.807) is 19.2 Å². The average molecular weight is 440 g/mol. The number of rotatable bonds is 5. The molecule has 0 fully saturated rings. The summed E-state index contributed by atoms with van der Waals surface area (Å²) in [5, 5.41) is 5.63. The summed E-state index contributed by atoms with van der Waals surface area (Å²) in [4.78, 5) is 15.6. The summed E-state index contributed by atoms with van der Waals surface area (Å²) >= 11 is 3.33. The van der Waals surface area contributed by atoms with Gasteiger partial charge in [0.2, 0.25) is 0 Å². The number of carbonyl (C=O) groups excluding carboxylic acids is 1. The fraction of sp³-hybridized carbons (Fsp3) is 0.300. The predicted molar refractivity (Wildman–Crippen MR) is 116 cm³/mol. The number of aliphatic imine (C=N–C) groups is 1. The molecular weight excluding hydrogens is 413 g/mol. The number of methoxy groups -OCH3 is 1. The van der Waals surface area contributed by atoms with Crippen molar-refractivity contribution in [1.82, 2.24) is 0 Å². The standard InChI is InChI=1S/C16H15BrFN3O2.2C2H6/c1-19-9-20-13-8-7-12(16(22)23-2)15(14(13)18)21-11-5-3-10(17)4-6-11;2*1-2/h3-9,21H,1-2H3,(H,19,20);2*1-2H3. The lowest BCUT2D eigenvalue weighted by atomic mass is 10.1. The molecule has 0 saturated carbocycles. The molecule has 2 aromatic carbocycles. The fourth-order valence-corrected chi connectivity index (χ4v) is 2.17. The number of nitrogens with one attached hydrogen (secondary N) is 2. The number of benzene rings is 2. The molecule has 7 heteroatoms. The van der Waals surface area contributed by atoms with Crippen molar-refractivity contribution in [2.75, 3.05) is 24.8 Å². The van der Waals surface area contributed by atoms with Gasteiger partial charge in [0, 0.05) is 17.2 Å². The summed E-state index contributed by atoms with van der Waals surface area (Å²) < 4.78 is 20.3. The van der Waals surface area contributed by atoms with Crippen molar-refractivity contribution in [3.05, 3.63) is 52.3 Å². The lowest BCUT2D eigenvalue weighted by Gasteiger charge is -2.14. The molecule has 0 heterocycles. The van der Waals surface area contributed by atoms with Crippen LogP contribution in [-0.2, 0) is 4.74 Å². The Labute approximate surface area is 169 Å². The van der Waals surface area contributed by atoms with Crippen molar-refractivity contribution in [1.29, 1.82) is 0 Å². The molecule has 0 aliphatic rings. The van der Waals surface area contributed by atoms with E-state index in [2.05, 4.69) is 31.6 Å². The molecule has 0 saturated heterocycles. The van der Waals surface area contributed by atoms with Crippen LogP contribution in [0.25, 0.3) is 0 Å². The van der Waals surface area contributed by atoms with Crippen molar-refractivity contribution in [3.8, 4) is 0 Å². The Morgan fingerprint density at radius 2 is 1.70 bits per heavy atom. The number of anilines is 3. The molecule has 27 heavy (non-hydrogen) atoms. The van der Waals surface area contributed by atoms with Crippen LogP contribution in [-0.4, -0.2) is 26.5 Å². The number of halogens is 2. The van der Waals surface area contributed by atoms with Crippen LogP contribution in [0.2, 0.25) is 0 Å². The molecule has 2 N–H and O–H groups in total. The van der Waals surface area contributed by atoms with Gasteiger partial charge >= 0.3 is 5.97 Å². The molecule has 0 spiro atoms. The Morgan fingerprint density at radius 3 is 2.22 bits per heavy atom. The second-order valence-electron chi connectivity index (χ2n) is 4.50. The lowest BCUT2D eigenvalue weighted by molar-refractivity contribution is 0.0601. The quantitative estimate of drug-likeness (QED) is 0.328. The van der Waals surface area contributed by atoms with Gasteiger partial charge in [0.05, 0.1) is 30.4 Å². The van der Waals surface area contributed by atoms with Crippen molar-refractivity contribution in [3.63, 3.8) is 0 Å². The number of carbonyl (C=O) groups is 1. The van der Waals surface area contributed by atoms with E-state index in [-0.39, 0.29) is 16.9 Å². The van der Waals surface area contributed by atoms with Crippen molar-refractivity contribution in [2.24, 2.45) is 4.99 Å². The van der Waals surface area contributed by atoms with Gasteiger partial charge in [-0.1, -0.05) is 43.6 Å². The summed E-state index contributed by atoms with van der Waals surface area (Å²) in [5.74, 6) is -1.23. The topological polar surface area (TPSA) is 62.7 Å². The van der Waals surface area contributed by atoms with Gasteiger partial charge in [-0.25, -0.2) is 9.18 Å². The van der Waals surface area contributed by atoms with Crippen molar-refractivity contribution < 1.29 is 13.9 Å². The molecule has 0 aliphatic heterocycles. The molecular formula is C20H27BrFN3O2. The van der Waals surface area contributed by atoms with Crippen LogP contribution >= 0.6 is 15.9 Å². The third-order valence-electron chi connectivity index (χ3n) is 3.01. The second-order valence-corrected chi connectivity index (χ2v) is 5.42. The predicted octanol–water partition coefficient (Wildman–Crippen LogP) is 6.24. The van der Waals surface area contributed by atoms with Crippen molar-refractivity contribution in [2.45, 2.75) is 27.7 Å². The maximum absolute atomic E-state index is 14.7. The number of esters is 1. The van der Waals surface area contributed by atoms with Gasteiger partial charge in [-0.15, -0.1) is 0 Å². The van der Waals surface area contributed by atoms with Gasteiger partial charge < -0.3 is 15.4 Å². The van der Waals surface area contributed by atoms with Gasteiger partial charge in [-0.05, 0) is 36.4 Å². The maximum atomic E-state index is 14.7. The van der Waals surface area contributed by atoms with E-state index in [9.17, 15) is 9.18 Å². The van der Waals surface area contributed by atoms with Crippen LogP contribution < -0.4 is 10.6 Å². The molecule has 148 valence electrons. The SMILES string of the molecule is CC.CC.CN=CNc1ccc(C(=O)OC)c(Nc2ccc(Br)cc2)c1F. The highest BCUT2D eigenvalue weighted by atomic mass is 79.9. The zero-order chi connectivity index (χ0) is 20.8. The molecule has 0 bridgehead atoms. The van der Waals surface area contributed by atoms with E-state index < -0.39 is 11.8 Å². The van der Waals surface area contributed by atoms with Crippen LogP contribution in [0.3, 0.4) is 0 Å². The maximum Gasteiger partial charge on any atom is 0.340 e. The Hall–Kier alpha value is -2.41. The highest BCUT2D eigenvalue weighted by Gasteiger charge is 2.19. The molecule has 0 aliphatic carbocycles. The fourth-order valence-electron chi connectivity index (χ4n) is 1.90. The minimum Gasteiger partial charge on any atom is -0.465 e. The van der Waals surface area contributed by atoms with Crippen LogP contribution in [0, 0.1) is 5.82 Å². The van der Waals surface area contributed by atoms with Crippen LogP contribution in [0.5, 0.6) is 0 Å². The molecule has 5 nitrogen and oxygen atoms in total. The van der Waals surface area contributed by atoms with E-state index >= 15 is 0 Å². The Balaban J connectivity index is 0.00000158. The number of nitrogens with zero attached hydrogens (tertiary/aromatic N) is 1. The number of hydrogen-bond donors (Lipinski definition) is 2. The van der Waals surface area contributed by atoms with Crippen LogP contribution in [0.4, 0.5) is 21.5 Å². The highest BCUT2D eigenvalue weighted by Crippen LogP contribution is 2.30.